The number of carbonyl (C=O) groups excluding carboxylic acids is 1. The normalized spacial score (nSPS) is 22.8. The van der Waals surface area contributed by atoms with Crippen molar-refractivity contribution in [3.63, 3.8) is 0 Å². The molecule has 0 aromatic heterocycles. The predicted octanol–water partition coefficient (Wildman–Crippen LogP) is 1.59. The second kappa shape index (κ2) is 5.41. The molecule has 1 fully saturated rings. The number of hydrogen-bond donors (Lipinski definition) is 2. The lowest BCUT2D eigenvalue weighted by molar-refractivity contribution is -0.137. The molecule has 1 aliphatic rings. The Morgan fingerprint density at radius 3 is 2.70 bits per heavy atom. The van der Waals surface area contributed by atoms with Gasteiger partial charge in [0.1, 0.15) is 5.60 Å². The van der Waals surface area contributed by atoms with Gasteiger partial charge in [0, 0.05) is 19.6 Å². The molecule has 0 aliphatic carbocycles. The van der Waals surface area contributed by atoms with Crippen LogP contribution in [0.4, 0.5) is 13.2 Å². The lowest BCUT2D eigenvalue weighted by Gasteiger charge is -2.21. The molecule has 2 N–H and O–H groups in total. The standard InChI is InChI=1S/C13H14F3NO3/c14-13(15,16)10-4-2-1-3-9(10)11(18)17-7-12(19)5-6-20-8-12/h1-4,19H,5-8H2,(H,17,18). The number of ether oxygens (including phenoxy) is 1. The predicted molar refractivity (Wildman–Crippen MR) is 64.2 cm³/mol. The van der Waals surface area contributed by atoms with E-state index in [1.807, 2.05) is 0 Å². The summed E-state index contributed by atoms with van der Waals surface area (Å²) < 4.78 is 43.3. The number of hydrogen-bond acceptors (Lipinski definition) is 3. The molecule has 1 unspecified atom stereocenters. The molecule has 0 radical (unpaired) electrons. The fourth-order valence-electron chi connectivity index (χ4n) is 2.00. The first-order valence-corrected chi connectivity index (χ1v) is 6.06. The van der Waals surface area contributed by atoms with Crippen molar-refractivity contribution in [1.82, 2.24) is 5.32 Å². The third-order valence-corrected chi connectivity index (χ3v) is 3.14. The summed E-state index contributed by atoms with van der Waals surface area (Å²) in [7, 11) is 0. The van der Waals surface area contributed by atoms with Crippen LogP contribution in [-0.2, 0) is 10.9 Å². The summed E-state index contributed by atoms with van der Waals surface area (Å²) >= 11 is 0. The van der Waals surface area contributed by atoms with Gasteiger partial charge in [0.2, 0.25) is 0 Å². The summed E-state index contributed by atoms with van der Waals surface area (Å²) in [5.41, 5.74) is -2.65. The summed E-state index contributed by atoms with van der Waals surface area (Å²) in [6.45, 7) is 0.289. The molecule has 1 aromatic carbocycles. The van der Waals surface area contributed by atoms with E-state index in [4.69, 9.17) is 4.74 Å². The van der Waals surface area contributed by atoms with E-state index >= 15 is 0 Å². The molecule has 0 spiro atoms. The maximum Gasteiger partial charge on any atom is 0.417 e. The van der Waals surface area contributed by atoms with Crippen molar-refractivity contribution in [2.75, 3.05) is 19.8 Å². The van der Waals surface area contributed by atoms with Crippen molar-refractivity contribution in [2.45, 2.75) is 18.2 Å². The largest absolute Gasteiger partial charge is 0.417 e. The molecular weight excluding hydrogens is 275 g/mol. The Morgan fingerprint density at radius 1 is 1.40 bits per heavy atom. The molecule has 2 rings (SSSR count). The van der Waals surface area contributed by atoms with Gasteiger partial charge in [-0.25, -0.2) is 0 Å². The van der Waals surface area contributed by atoms with Crippen molar-refractivity contribution in [3.8, 4) is 0 Å². The fraction of sp³-hybridized carbons (Fsp3) is 0.462. The lowest BCUT2D eigenvalue weighted by atomic mass is 10.0. The smallest absolute Gasteiger partial charge is 0.386 e. The number of nitrogens with one attached hydrogen (secondary N) is 1. The Kier molecular flexibility index (Phi) is 4.01. The summed E-state index contributed by atoms with van der Waals surface area (Å²) in [5.74, 6) is -0.863. The number of aliphatic hydroxyl groups is 1. The summed E-state index contributed by atoms with van der Waals surface area (Å²) in [5, 5.41) is 12.3. The topological polar surface area (TPSA) is 58.6 Å². The highest BCUT2D eigenvalue weighted by Gasteiger charge is 2.36. The van der Waals surface area contributed by atoms with E-state index in [0.29, 0.717) is 13.0 Å². The second-order valence-corrected chi connectivity index (χ2v) is 4.75. The van der Waals surface area contributed by atoms with Crippen LogP contribution in [0.5, 0.6) is 0 Å². The SMILES string of the molecule is O=C(NCC1(O)CCOC1)c1ccccc1C(F)(F)F. The maximum absolute atomic E-state index is 12.8. The van der Waals surface area contributed by atoms with Crippen LogP contribution < -0.4 is 5.32 Å². The molecular formula is C13H14F3NO3. The average molecular weight is 289 g/mol. The van der Waals surface area contributed by atoms with Crippen molar-refractivity contribution in [2.24, 2.45) is 0 Å². The Hall–Kier alpha value is -1.60. The molecule has 1 amide bonds. The van der Waals surface area contributed by atoms with Crippen LogP contribution in [0, 0.1) is 0 Å². The van der Waals surface area contributed by atoms with Crippen molar-refractivity contribution in [3.05, 3.63) is 35.4 Å². The van der Waals surface area contributed by atoms with Crippen molar-refractivity contribution < 1.29 is 27.8 Å². The molecule has 1 aliphatic heterocycles. The lowest BCUT2D eigenvalue weighted by Crippen LogP contribution is -2.43. The summed E-state index contributed by atoms with van der Waals surface area (Å²) in [4.78, 5) is 11.8. The minimum atomic E-state index is -4.60. The van der Waals surface area contributed by atoms with Crippen LogP contribution in [0.25, 0.3) is 0 Å². The number of alkyl halides is 3. The van der Waals surface area contributed by atoms with Gasteiger partial charge in [-0.15, -0.1) is 0 Å². The zero-order valence-corrected chi connectivity index (χ0v) is 10.5. The molecule has 4 nitrogen and oxygen atoms in total. The highest BCUT2D eigenvalue weighted by molar-refractivity contribution is 5.95. The van der Waals surface area contributed by atoms with E-state index in [1.165, 1.54) is 12.1 Å². The Morgan fingerprint density at radius 2 is 2.10 bits per heavy atom. The molecule has 1 atom stereocenters. The Balaban J connectivity index is 2.10. The minimum absolute atomic E-state index is 0.0637. The quantitative estimate of drug-likeness (QED) is 0.888. The van der Waals surface area contributed by atoms with Crippen LogP contribution in [-0.4, -0.2) is 36.4 Å². The summed E-state index contributed by atoms with van der Waals surface area (Å²) in [6.07, 6.45) is -4.25. The number of carbonyl (C=O) groups is 1. The van der Waals surface area contributed by atoms with Crippen LogP contribution in [0.1, 0.15) is 22.3 Å². The average Bonchev–Trinajstić information content (AvgIpc) is 2.82. The number of benzene rings is 1. The van der Waals surface area contributed by atoms with Crippen LogP contribution in [0.2, 0.25) is 0 Å². The Labute approximate surface area is 113 Å². The first kappa shape index (κ1) is 14.8. The van der Waals surface area contributed by atoms with E-state index < -0.39 is 28.8 Å². The highest BCUT2D eigenvalue weighted by atomic mass is 19.4. The van der Waals surface area contributed by atoms with E-state index in [-0.39, 0.29) is 13.2 Å². The van der Waals surface area contributed by atoms with Gasteiger partial charge >= 0.3 is 6.18 Å². The molecule has 7 heteroatoms. The van der Waals surface area contributed by atoms with Gasteiger partial charge in [-0.3, -0.25) is 4.79 Å². The molecule has 0 bridgehead atoms. The van der Waals surface area contributed by atoms with Gasteiger partial charge < -0.3 is 15.2 Å². The van der Waals surface area contributed by atoms with E-state index in [0.717, 1.165) is 12.1 Å². The van der Waals surface area contributed by atoms with E-state index in [9.17, 15) is 23.1 Å². The first-order valence-electron chi connectivity index (χ1n) is 6.06. The number of amides is 1. The zero-order chi connectivity index (χ0) is 14.8. The number of halogens is 3. The van der Waals surface area contributed by atoms with Crippen LogP contribution in [0.15, 0.2) is 24.3 Å². The van der Waals surface area contributed by atoms with E-state index in [2.05, 4.69) is 5.32 Å². The maximum atomic E-state index is 12.8. The molecule has 1 heterocycles. The monoisotopic (exact) mass is 289 g/mol. The second-order valence-electron chi connectivity index (χ2n) is 4.75. The van der Waals surface area contributed by atoms with Gasteiger partial charge in [-0.2, -0.15) is 13.2 Å². The van der Waals surface area contributed by atoms with Gasteiger partial charge in [0.25, 0.3) is 5.91 Å². The zero-order valence-electron chi connectivity index (χ0n) is 10.5. The van der Waals surface area contributed by atoms with Crippen molar-refractivity contribution in [1.29, 1.82) is 0 Å². The molecule has 110 valence electrons. The summed E-state index contributed by atoms with van der Waals surface area (Å²) in [6, 6.07) is 4.53. The van der Waals surface area contributed by atoms with Crippen LogP contribution >= 0.6 is 0 Å². The molecule has 1 saturated heterocycles. The van der Waals surface area contributed by atoms with Crippen LogP contribution in [0.3, 0.4) is 0 Å². The molecule has 20 heavy (non-hydrogen) atoms. The minimum Gasteiger partial charge on any atom is -0.386 e. The van der Waals surface area contributed by atoms with Gasteiger partial charge in [-0.05, 0) is 12.1 Å². The van der Waals surface area contributed by atoms with E-state index in [1.54, 1.807) is 0 Å². The van der Waals surface area contributed by atoms with Gasteiger partial charge in [-0.1, -0.05) is 12.1 Å². The number of rotatable bonds is 3. The fourth-order valence-corrected chi connectivity index (χ4v) is 2.00. The molecule has 1 aromatic rings. The van der Waals surface area contributed by atoms with Crippen molar-refractivity contribution >= 4 is 5.91 Å². The van der Waals surface area contributed by atoms with Gasteiger partial charge in [0.05, 0.1) is 17.7 Å². The highest BCUT2D eigenvalue weighted by Crippen LogP contribution is 2.31. The van der Waals surface area contributed by atoms with Gasteiger partial charge in [0.15, 0.2) is 0 Å². The first-order chi connectivity index (χ1) is 9.32. The molecule has 0 saturated carbocycles. The third kappa shape index (κ3) is 3.29. The third-order valence-electron chi connectivity index (χ3n) is 3.14. The Bertz CT molecular complexity index is 496.